The van der Waals surface area contributed by atoms with Crippen molar-refractivity contribution in [1.29, 1.82) is 0 Å². The van der Waals surface area contributed by atoms with Crippen molar-refractivity contribution in [1.82, 2.24) is 0 Å². The normalized spacial score (nSPS) is 11.6. The Labute approximate surface area is 221 Å². The molecule has 0 amide bonds. The summed E-state index contributed by atoms with van der Waals surface area (Å²) in [6.07, 6.45) is 10.9. The van der Waals surface area contributed by atoms with Crippen LogP contribution in [0, 0.1) is 5.41 Å². The molecule has 0 bridgehead atoms. The fourth-order valence-electron chi connectivity index (χ4n) is 4.27. The molecule has 0 fully saturated rings. The van der Waals surface area contributed by atoms with Gasteiger partial charge in [-0.1, -0.05) is 63.8 Å². The fourth-order valence-corrected chi connectivity index (χ4v) is 4.27. The molecule has 0 spiro atoms. The zero-order chi connectivity index (χ0) is 27.3. The lowest BCUT2D eigenvalue weighted by Gasteiger charge is -2.29. The van der Waals surface area contributed by atoms with Crippen molar-refractivity contribution in [2.45, 2.75) is 52.4 Å². The van der Waals surface area contributed by atoms with Crippen LogP contribution in [0.25, 0.3) is 12.2 Å². The Morgan fingerprint density at radius 3 is 1.35 bits per heavy atom. The first-order valence-electron chi connectivity index (χ1n) is 12.8. The van der Waals surface area contributed by atoms with Gasteiger partial charge in [-0.3, -0.25) is 9.59 Å². The third-order valence-corrected chi connectivity index (χ3v) is 6.53. The Hall–Kier alpha value is -3.54. The second-order valence-corrected chi connectivity index (χ2v) is 8.91. The summed E-state index contributed by atoms with van der Waals surface area (Å²) < 4.78 is 21.4. The van der Waals surface area contributed by atoms with Gasteiger partial charge in [0.2, 0.25) is 0 Å². The lowest BCUT2D eigenvalue weighted by Crippen LogP contribution is -2.37. The molecule has 0 aliphatic rings. The van der Waals surface area contributed by atoms with E-state index in [1.165, 1.54) is 12.2 Å². The molecule has 0 aliphatic carbocycles. The Kier molecular flexibility index (Phi) is 11.9. The van der Waals surface area contributed by atoms with Gasteiger partial charge in [-0.2, -0.15) is 0 Å². The standard InChI is InChI=1S/C31H40O6/c1-7-9-19-31(20-10-8-2,29(32)17-13-23-11-15-25(34-3)27(21-23)36-5)30(33)18-14-24-12-16-26(35-4)28(22-24)37-6/h11-18,21-22H,7-10,19-20H2,1-6H3/b17-13+,18-14+. The lowest BCUT2D eigenvalue weighted by atomic mass is 9.71. The van der Waals surface area contributed by atoms with Gasteiger partial charge in [-0.15, -0.1) is 0 Å². The van der Waals surface area contributed by atoms with E-state index in [-0.39, 0.29) is 11.6 Å². The van der Waals surface area contributed by atoms with E-state index in [0.29, 0.717) is 35.8 Å². The van der Waals surface area contributed by atoms with E-state index in [9.17, 15) is 9.59 Å². The molecular weight excluding hydrogens is 468 g/mol. The number of carbonyl (C=O) groups is 2. The monoisotopic (exact) mass is 508 g/mol. The van der Waals surface area contributed by atoms with Gasteiger partial charge < -0.3 is 18.9 Å². The molecule has 0 N–H and O–H groups in total. The zero-order valence-corrected chi connectivity index (χ0v) is 23.0. The van der Waals surface area contributed by atoms with Gasteiger partial charge in [0, 0.05) is 0 Å². The maximum absolute atomic E-state index is 13.7. The third kappa shape index (κ3) is 7.72. The Morgan fingerprint density at radius 1 is 0.649 bits per heavy atom. The topological polar surface area (TPSA) is 71.1 Å². The average molecular weight is 509 g/mol. The highest BCUT2D eigenvalue weighted by molar-refractivity contribution is 6.17. The molecule has 2 aromatic rings. The van der Waals surface area contributed by atoms with Crippen molar-refractivity contribution in [2.75, 3.05) is 28.4 Å². The van der Waals surface area contributed by atoms with Crippen LogP contribution in [0.5, 0.6) is 23.0 Å². The highest BCUT2D eigenvalue weighted by atomic mass is 16.5. The van der Waals surface area contributed by atoms with Gasteiger partial charge >= 0.3 is 0 Å². The predicted octanol–water partition coefficient (Wildman–Crippen LogP) is 6.95. The van der Waals surface area contributed by atoms with Crippen LogP contribution in [0.15, 0.2) is 48.6 Å². The van der Waals surface area contributed by atoms with Crippen LogP contribution in [0.3, 0.4) is 0 Å². The van der Waals surface area contributed by atoms with Crippen LogP contribution < -0.4 is 18.9 Å². The average Bonchev–Trinajstić information content (AvgIpc) is 2.94. The Morgan fingerprint density at radius 2 is 1.03 bits per heavy atom. The maximum Gasteiger partial charge on any atom is 0.169 e. The highest BCUT2D eigenvalue weighted by Gasteiger charge is 2.41. The second-order valence-electron chi connectivity index (χ2n) is 8.91. The van der Waals surface area contributed by atoms with Crippen molar-refractivity contribution < 1.29 is 28.5 Å². The molecule has 6 heteroatoms. The molecule has 0 atom stereocenters. The Balaban J connectivity index is 2.42. The number of rotatable bonds is 16. The molecule has 0 heterocycles. The molecule has 2 rings (SSSR count). The quantitative estimate of drug-likeness (QED) is 0.180. The number of carbonyl (C=O) groups excluding carboxylic acids is 2. The van der Waals surface area contributed by atoms with Gasteiger partial charge in [-0.05, 0) is 60.4 Å². The van der Waals surface area contributed by atoms with Crippen LogP contribution in [0.2, 0.25) is 0 Å². The Bertz CT molecular complexity index is 1010. The van der Waals surface area contributed by atoms with E-state index in [1.54, 1.807) is 64.9 Å². The van der Waals surface area contributed by atoms with Gasteiger partial charge in [0.25, 0.3) is 0 Å². The molecule has 0 saturated carbocycles. The van der Waals surface area contributed by atoms with Crippen molar-refractivity contribution in [3.05, 3.63) is 59.7 Å². The van der Waals surface area contributed by atoms with Crippen LogP contribution in [-0.2, 0) is 9.59 Å². The molecule has 0 saturated heterocycles. The summed E-state index contributed by atoms with van der Waals surface area (Å²) in [7, 11) is 6.29. The summed E-state index contributed by atoms with van der Waals surface area (Å²) in [6.45, 7) is 4.14. The molecule has 2 aromatic carbocycles. The minimum Gasteiger partial charge on any atom is -0.493 e. The minimum atomic E-state index is -1.11. The summed E-state index contributed by atoms with van der Waals surface area (Å²) in [5.74, 6) is 2.03. The highest BCUT2D eigenvalue weighted by Crippen LogP contribution is 2.36. The van der Waals surface area contributed by atoms with Crippen LogP contribution in [0.1, 0.15) is 63.5 Å². The molecular formula is C31H40O6. The predicted molar refractivity (Wildman–Crippen MR) is 149 cm³/mol. The molecule has 37 heavy (non-hydrogen) atoms. The summed E-state index contributed by atoms with van der Waals surface area (Å²) >= 11 is 0. The summed E-state index contributed by atoms with van der Waals surface area (Å²) in [5.41, 5.74) is 0.477. The first kappa shape index (κ1) is 29.7. The van der Waals surface area contributed by atoms with E-state index in [0.717, 1.165) is 36.8 Å². The summed E-state index contributed by atoms with van der Waals surface area (Å²) in [5, 5.41) is 0. The van der Waals surface area contributed by atoms with Crippen molar-refractivity contribution in [2.24, 2.45) is 5.41 Å². The van der Waals surface area contributed by atoms with Gasteiger partial charge in [0.05, 0.1) is 33.9 Å². The van der Waals surface area contributed by atoms with Gasteiger partial charge in [-0.25, -0.2) is 0 Å². The maximum atomic E-state index is 13.7. The SMILES string of the molecule is CCCCC(CCCC)(C(=O)/C=C/c1ccc(OC)c(OC)c1)C(=O)/C=C/c1ccc(OC)c(OC)c1. The molecule has 0 aromatic heterocycles. The van der Waals surface area contributed by atoms with E-state index in [4.69, 9.17) is 18.9 Å². The number of methoxy groups -OCH3 is 4. The third-order valence-electron chi connectivity index (χ3n) is 6.53. The lowest BCUT2D eigenvalue weighted by molar-refractivity contribution is -0.136. The largest absolute Gasteiger partial charge is 0.493 e. The van der Waals surface area contributed by atoms with E-state index >= 15 is 0 Å². The molecule has 6 nitrogen and oxygen atoms in total. The van der Waals surface area contributed by atoms with Crippen molar-refractivity contribution in [3.63, 3.8) is 0 Å². The van der Waals surface area contributed by atoms with Crippen molar-refractivity contribution in [3.8, 4) is 23.0 Å². The van der Waals surface area contributed by atoms with E-state index < -0.39 is 5.41 Å². The van der Waals surface area contributed by atoms with Crippen molar-refractivity contribution >= 4 is 23.7 Å². The number of unbranched alkanes of at least 4 members (excludes halogenated alkanes) is 2. The molecule has 0 aliphatic heterocycles. The number of hydrogen-bond acceptors (Lipinski definition) is 6. The first-order valence-corrected chi connectivity index (χ1v) is 12.8. The number of benzene rings is 2. The summed E-state index contributed by atoms with van der Waals surface area (Å²) in [4.78, 5) is 27.5. The first-order chi connectivity index (χ1) is 17.9. The smallest absolute Gasteiger partial charge is 0.169 e. The molecule has 0 radical (unpaired) electrons. The van der Waals surface area contributed by atoms with Gasteiger partial charge in [0.1, 0.15) is 0 Å². The molecule has 0 unspecified atom stereocenters. The van der Waals surface area contributed by atoms with Crippen LogP contribution in [0.4, 0.5) is 0 Å². The van der Waals surface area contributed by atoms with Crippen LogP contribution in [-0.4, -0.2) is 40.0 Å². The second kappa shape index (κ2) is 14.9. The molecule has 200 valence electrons. The minimum absolute atomic E-state index is 0.175. The summed E-state index contributed by atoms with van der Waals surface area (Å²) in [6, 6.07) is 10.9. The van der Waals surface area contributed by atoms with E-state index in [2.05, 4.69) is 13.8 Å². The number of allylic oxidation sites excluding steroid dienone is 2. The zero-order valence-electron chi connectivity index (χ0n) is 23.0. The number of ether oxygens (including phenoxy) is 4. The van der Waals surface area contributed by atoms with Gasteiger partial charge in [0.15, 0.2) is 34.6 Å². The fraction of sp³-hybridized carbons (Fsp3) is 0.419. The van der Waals surface area contributed by atoms with E-state index in [1.807, 2.05) is 12.1 Å². The van der Waals surface area contributed by atoms with Crippen LogP contribution >= 0.6 is 0 Å². The number of hydrogen-bond donors (Lipinski definition) is 0. The number of ketones is 2.